The third-order valence-electron chi connectivity index (χ3n) is 11.8. The first kappa shape index (κ1) is 42.4. The molecule has 0 spiro atoms. The summed E-state index contributed by atoms with van der Waals surface area (Å²) in [6.45, 7) is 29.6. The molecule has 2 nitrogen and oxygen atoms in total. The van der Waals surface area contributed by atoms with Gasteiger partial charge in [0.15, 0.2) is 0 Å². The van der Waals surface area contributed by atoms with E-state index in [0.29, 0.717) is 0 Å². The Morgan fingerprint density at radius 1 is 0.591 bits per heavy atom. The van der Waals surface area contributed by atoms with Gasteiger partial charge >= 0.3 is 26.2 Å². The van der Waals surface area contributed by atoms with Gasteiger partial charge in [-0.25, -0.2) is 0 Å². The molecule has 0 bridgehead atoms. The Hall–Kier alpha value is 0.414. The van der Waals surface area contributed by atoms with Gasteiger partial charge in [-0.2, -0.15) is 34.4 Å². The molecule has 0 radical (unpaired) electrons. The van der Waals surface area contributed by atoms with Gasteiger partial charge in [-0.3, -0.25) is 0 Å². The van der Waals surface area contributed by atoms with Crippen molar-refractivity contribution in [3.05, 3.63) is 34.4 Å². The fourth-order valence-electron chi connectivity index (χ4n) is 7.44. The molecule has 8 heteroatoms. The van der Waals surface area contributed by atoms with Crippen LogP contribution in [0.5, 0.6) is 11.5 Å². The van der Waals surface area contributed by atoms with Crippen molar-refractivity contribution in [2.75, 3.05) is 0 Å². The predicted molar refractivity (Wildman–Crippen MR) is 188 cm³/mol. The topological polar surface area (TPSA) is 18.5 Å². The summed E-state index contributed by atoms with van der Waals surface area (Å²) in [4.78, 5) is 0. The molecule has 4 rings (SSSR count). The van der Waals surface area contributed by atoms with E-state index in [1.54, 1.807) is 32.6 Å². The maximum Gasteiger partial charge on any atom is 4.00 e. The molecule has 0 N–H and O–H groups in total. The zero-order valence-corrected chi connectivity index (χ0v) is 37.2. The van der Waals surface area contributed by atoms with Crippen LogP contribution >= 0.6 is 0 Å². The molecule has 0 unspecified atom stereocenters. The van der Waals surface area contributed by atoms with Crippen LogP contribution < -0.4 is 44.0 Å². The molecular weight excluding hydrogens is 711 g/mol. The summed E-state index contributed by atoms with van der Waals surface area (Å²) >= 11 is 0. The van der Waals surface area contributed by atoms with E-state index in [1.807, 2.05) is 0 Å². The largest absolute Gasteiger partial charge is 4.00 e. The van der Waals surface area contributed by atoms with Gasteiger partial charge in [-0.05, 0) is 49.1 Å². The van der Waals surface area contributed by atoms with Crippen molar-refractivity contribution >= 4 is 35.1 Å². The molecule has 2 aromatic rings. The van der Waals surface area contributed by atoms with E-state index >= 15 is 0 Å². The summed E-state index contributed by atoms with van der Waals surface area (Å²) in [5, 5.41) is 3.57. The molecule has 2 aromatic carbocycles. The van der Waals surface area contributed by atoms with E-state index in [4.69, 9.17) is 8.85 Å². The van der Waals surface area contributed by atoms with Crippen molar-refractivity contribution < 1.29 is 59.9 Å². The average molecular weight is 773 g/mol. The van der Waals surface area contributed by atoms with Crippen LogP contribution in [0, 0.1) is 0 Å². The van der Waals surface area contributed by atoms with E-state index in [1.165, 1.54) is 88.5 Å². The van der Waals surface area contributed by atoms with Gasteiger partial charge in [0.25, 0.3) is 0 Å². The minimum Gasteiger partial charge on any atom is -1.00 e. The molecule has 0 fully saturated rings. The van der Waals surface area contributed by atoms with Crippen LogP contribution in [0.25, 0.3) is 0 Å². The van der Waals surface area contributed by atoms with E-state index in [-0.39, 0.29) is 61.1 Å². The second-order valence-electron chi connectivity index (χ2n) is 16.3. The van der Waals surface area contributed by atoms with Crippen LogP contribution in [0.4, 0.5) is 0 Å². The number of hydrogen-bond acceptors (Lipinski definition) is 2. The Kier molecular flexibility index (Phi) is 15.2. The van der Waals surface area contributed by atoms with E-state index in [9.17, 15) is 0 Å². The van der Waals surface area contributed by atoms with Crippen molar-refractivity contribution in [1.29, 1.82) is 0 Å². The second kappa shape index (κ2) is 15.8. The number of aryl methyl sites for hydroxylation is 2. The summed E-state index contributed by atoms with van der Waals surface area (Å²) in [6, 6.07) is 5.24. The molecule has 2 aliphatic carbocycles. The Bertz CT molecular complexity index is 1130. The molecule has 248 valence electrons. The van der Waals surface area contributed by atoms with Gasteiger partial charge in [-0.15, -0.1) is 10.4 Å². The maximum absolute atomic E-state index is 7.47. The van der Waals surface area contributed by atoms with Gasteiger partial charge in [0.2, 0.25) is 16.6 Å². The fraction of sp³-hybridized carbons (Fsp3) is 0.722. The van der Waals surface area contributed by atoms with E-state index < -0.39 is 24.7 Å². The quantitative estimate of drug-likeness (QED) is 0.240. The molecule has 44 heavy (non-hydrogen) atoms. The molecule has 0 aliphatic heterocycles. The smallest absolute Gasteiger partial charge is 1.00 e. The Morgan fingerprint density at radius 2 is 0.909 bits per heavy atom. The SMILES string of the molecule is CCCC(C)(C)[Si](C)(C)Oc1c([Si](C)(C)c2[cH-]c3c(c2O[Si](C)(C)C(C)(C)CCC)CCCC3)[cH-]c2c1CCCC2.[Cl-].[Cl-].[Zr+4]. The number of hydrogen-bond donors (Lipinski definition) is 0. The summed E-state index contributed by atoms with van der Waals surface area (Å²) in [6.07, 6.45) is 14.9. The molecule has 0 heterocycles. The summed E-state index contributed by atoms with van der Waals surface area (Å²) in [5.74, 6) is 2.62. The van der Waals surface area contributed by atoms with Crippen molar-refractivity contribution in [3.8, 4) is 11.5 Å². The van der Waals surface area contributed by atoms with E-state index in [0.717, 1.165) is 0 Å². The van der Waals surface area contributed by atoms with Crippen molar-refractivity contribution in [2.24, 2.45) is 0 Å². The minimum atomic E-state index is -2.14. The number of halogens is 2. The second-order valence-corrected chi connectivity index (χ2v) is 29.8. The van der Waals surface area contributed by atoms with E-state index in [2.05, 4.69) is 93.0 Å². The zero-order valence-electron chi connectivity index (χ0n) is 30.2. The van der Waals surface area contributed by atoms with Crippen molar-refractivity contribution in [2.45, 2.75) is 168 Å². The summed E-state index contributed by atoms with van der Waals surface area (Å²) in [5.41, 5.74) is 6.27. The monoisotopic (exact) mass is 770 g/mol. The molecule has 0 amide bonds. The predicted octanol–water partition coefficient (Wildman–Crippen LogP) is 4.04. The molecular formula is C36H62Cl2O2Si3Zr. The fourth-order valence-corrected chi connectivity index (χ4v) is 14.3. The Labute approximate surface area is 306 Å². The molecule has 0 saturated carbocycles. The van der Waals surface area contributed by atoms with Gasteiger partial charge < -0.3 is 33.7 Å². The van der Waals surface area contributed by atoms with Crippen LogP contribution in [-0.4, -0.2) is 24.7 Å². The minimum absolute atomic E-state index is 0. The van der Waals surface area contributed by atoms with Crippen LogP contribution in [0.3, 0.4) is 0 Å². The standard InChI is InChI=1S/C36H62O2Si3.2ClH.Zr/c1-13-23-35(3,4)40(9,10)37-33-29-21-17-15-19-27(29)25-31(33)39(7,8)32-26-28-20-16-18-22-30(28)34(32)38-41(11,12)36(5,6)24-14-2;;;/h25-26H,13-24H2,1-12H3;2*1H;/q-2;;;+4/p-2. The molecule has 0 atom stereocenters. The van der Waals surface area contributed by atoms with Crippen LogP contribution in [0.15, 0.2) is 12.1 Å². The zero-order chi connectivity index (χ0) is 30.4. The summed E-state index contributed by atoms with van der Waals surface area (Å²) in [7, 11) is -6.18. The molecule has 0 saturated heterocycles. The average Bonchev–Trinajstić information content (AvgIpc) is 3.43. The number of rotatable bonds is 12. The third-order valence-corrected chi connectivity index (χ3v) is 23.7. The summed E-state index contributed by atoms with van der Waals surface area (Å²) < 4.78 is 14.9. The van der Waals surface area contributed by atoms with Gasteiger partial charge in [0.05, 0.1) is 8.07 Å². The third kappa shape index (κ3) is 8.16. The first-order valence-electron chi connectivity index (χ1n) is 17.0. The molecule has 2 aliphatic rings. The normalized spacial score (nSPS) is 15.7. The maximum atomic E-state index is 7.47. The van der Waals surface area contributed by atoms with Gasteiger partial charge in [0.1, 0.15) is 0 Å². The first-order valence-corrected chi connectivity index (χ1v) is 25.8. The first-order chi connectivity index (χ1) is 19.0. The Balaban J connectivity index is 0.00000323. The van der Waals surface area contributed by atoms with Crippen LogP contribution in [0.1, 0.15) is 115 Å². The van der Waals surface area contributed by atoms with Crippen LogP contribution in [-0.2, 0) is 51.9 Å². The van der Waals surface area contributed by atoms with Crippen molar-refractivity contribution in [3.63, 3.8) is 0 Å². The molecule has 0 aromatic heterocycles. The van der Waals surface area contributed by atoms with Gasteiger partial charge in [0, 0.05) is 0 Å². The Morgan fingerprint density at radius 3 is 1.23 bits per heavy atom. The van der Waals surface area contributed by atoms with Gasteiger partial charge in [-0.1, -0.05) is 130 Å². The van der Waals surface area contributed by atoms with Crippen LogP contribution in [0.2, 0.25) is 49.4 Å². The van der Waals surface area contributed by atoms with Crippen molar-refractivity contribution in [1.82, 2.24) is 0 Å². The number of fused-ring (bicyclic) bond motifs is 2.